The van der Waals surface area contributed by atoms with Crippen molar-refractivity contribution < 1.29 is 9.13 Å². The maximum atomic E-state index is 12.7. The van der Waals surface area contributed by atoms with Crippen molar-refractivity contribution in [2.24, 2.45) is 0 Å². The fraction of sp³-hybridized carbons (Fsp3) is 0.500. The Labute approximate surface area is 118 Å². The van der Waals surface area contributed by atoms with E-state index < -0.39 is 0 Å². The van der Waals surface area contributed by atoms with Gasteiger partial charge in [-0.05, 0) is 49.2 Å². The van der Waals surface area contributed by atoms with E-state index >= 15 is 0 Å². The van der Waals surface area contributed by atoms with Crippen LogP contribution in [0.15, 0.2) is 24.3 Å². The van der Waals surface area contributed by atoms with Gasteiger partial charge in [0.15, 0.2) is 5.11 Å². The number of rotatable bonds is 5. The Kier molecular flexibility index (Phi) is 5.54. The van der Waals surface area contributed by atoms with Gasteiger partial charge in [-0.15, -0.1) is 0 Å². The molecule has 1 fully saturated rings. The zero-order valence-electron chi connectivity index (χ0n) is 10.8. The Bertz CT molecular complexity index is 404. The molecule has 1 aromatic rings. The van der Waals surface area contributed by atoms with Gasteiger partial charge in [-0.3, -0.25) is 0 Å². The molecule has 1 atom stereocenters. The molecule has 3 nitrogen and oxygen atoms in total. The van der Waals surface area contributed by atoms with Gasteiger partial charge in [-0.1, -0.05) is 12.1 Å². The van der Waals surface area contributed by atoms with Crippen LogP contribution in [0, 0.1) is 5.82 Å². The van der Waals surface area contributed by atoms with Crippen molar-refractivity contribution >= 4 is 17.3 Å². The van der Waals surface area contributed by atoms with Gasteiger partial charge in [0, 0.05) is 19.7 Å². The van der Waals surface area contributed by atoms with Gasteiger partial charge >= 0.3 is 0 Å². The molecule has 0 radical (unpaired) electrons. The quantitative estimate of drug-likeness (QED) is 0.810. The molecule has 19 heavy (non-hydrogen) atoms. The summed E-state index contributed by atoms with van der Waals surface area (Å²) in [6, 6.07) is 6.53. The Morgan fingerprint density at radius 1 is 1.32 bits per heavy atom. The number of nitrogens with one attached hydrogen (secondary N) is 2. The summed E-state index contributed by atoms with van der Waals surface area (Å²) in [6.07, 6.45) is 3.35. The SMILES string of the molecule is Fc1ccc(CCNC(=S)NC[C@@H]2CCCO2)cc1. The number of hydrogen-bond acceptors (Lipinski definition) is 2. The van der Waals surface area contributed by atoms with E-state index in [1.165, 1.54) is 12.1 Å². The second-order valence-corrected chi connectivity index (χ2v) is 5.06. The number of hydrogen-bond donors (Lipinski definition) is 2. The summed E-state index contributed by atoms with van der Waals surface area (Å²) < 4.78 is 18.2. The minimum absolute atomic E-state index is 0.203. The Morgan fingerprint density at radius 3 is 2.79 bits per heavy atom. The molecule has 2 rings (SSSR count). The highest BCUT2D eigenvalue weighted by Crippen LogP contribution is 2.10. The summed E-state index contributed by atoms with van der Waals surface area (Å²) >= 11 is 5.19. The molecule has 0 unspecified atom stereocenters. The lowest BCUT2D eigenvalue weighted by Gasteiger charge is -2.13. The van der Waals surface area contributed by atoms with Crippen LogP contribution in [0.25, 0.3) is 0 Å². The highest BCUT2D eigenvalue weighted by Gasteiger charge is 2.14. The molecule has 0 aromatic heterocycles. The first-order valence-corrected chi connectivity index (χ1v) is 7.02. The molecule has 1 aliphatic heterocycles. The molecular formula is C14H19FN2OS. The number of thiocarbonyl (C=S) groups is 1. The molecule has 0 spiro atoms. The van der Waals surface area contributed by atoms with Crippen LogP contribution in [0.3, 0.4) is 0 Å². The molecule has 1 aromatic carbocycles. The largest absolute Gasteiger partial charge is 0.376 e. The predicted octanol–water partition coefficient (Wildman–Crippen LogP) is 2.01. The third kappa shape index (κ3) is 5.12. The molecule has 5 heteroatoms. The maximum absolute atomic E-state index is 12.7. The van der Waals surface area contributed by atoms with E-state index in [-0.39, 0.29) is 11.9 Å². The van der Waals surface area contributed by atoms with Gasteiger partial charge < -0.3 is 15.4 Å². The molecule has 0 amide bonds. The molecule has 2 N–H and O–H groups in total. The first-order valence-electron chi connectivity index (χ1n) is 6.62. The third-order valence-electron chi connectivity index (χ3n) is 3.13. The van der Waals surface area contributed by atoms with Gasteiger partial charge in [0.05, 0.1) is 6.10 Å². The van der Waals surface area contributed by atoms with Crippen LogP contribution in [0.1, 0.15) is 18.4 Å². The van der Waals surface area contributed by atoms with Crippen molar-refractivity contribution in [3.05, 3.63) is 35.6 Å². The predicted molar refractivity (Wildman–Crippen MR) is 77.7 cm³/mol. The average molecular weight is 282 g/mol. The van der Waals surface area contributed by atoms with Crippen LogP contribution < -0.4 is 10.6 Å². The van der Waals surface area contributed by atoms with Crippen molar-refractivity contribution in [3.63, 3.8) is 0 Å². The van der Waals surface area contributed by atoms with Crippen molar-refractivity contribution in [1.82, 2.24) is 10.6 Å². The molecule has 1 heterocycles. The number of halogens is 1. The van der Waals surface area contributed by atoms with E-state index in [1.807, 2.05) is 0 Å². The van der Waals surface area contributed by atoms with Crippen molar-refractivity contribution in [2.45, 2.75) is 25.4 Å². The lowest BCUT2D eigenvalue weighted by molar-refractivity contribution is 0.114. The fourth-order valence-corrected chi connectivity index (χ4v) is 2.23. The summed E-state index contributed by atoms with van der Waals surface area (Å²) in [7, 11) is 0. The smallest absolute Gasteiger partial charge is 0.166 e. The van der Waals surface area contributed by atoms with Crippen LogP contribution >= 0.6 is 12.2 Å². The Morgan fingerprint density at radius 2 is 2.11 bits per heavy atom. The van der Waals surface area contributed by atoms with Gasteiger partial charge in [-0.25, -0.2) is 4.39 Å². The minimum atomic E-state index is -0.203. The molecule has 0 bridgehead atoms. The molecule has 1 saturated heterocycles. The monoisotopic (exact) mass is 282 g/mol. The summed E-state index contributed by atoms with van der Waals surface area (Å²) in [5.74, 6) is -0.203. The average Bonchev–Trinajstić information content (AvgIpc) is 2.92. The molecule has 0 aliphatic carbocycles. The second kappa shape index (κ2) is 7.40. The first-order chi connectivity index (χ1) is 9.24. The zero-order valence-corrected chi connectivity index (χ0v) is 11.6. The highest BCUT2D eigenvalue weighted by molar-refractivity contribution is 7.80. The van der Waals surface area contributed by atoms with Crippen LogP contribution in [-0.2, 0) is 11.2 Å². The van der Waals surface area contributed by atoms with Crippen LogP contribution in [0.2, 0.25) is 0 Å². The van der Waals surface area contributed by atoms with E-state index in [0.717, 1.165) is 44.5 Å². The molecule has 104 valence electrons. The fourth-order valence-electron chi connectivity index (χ4n) is 2.05. The van der Waals surface area contributed by atoms with E-state index in [4.69, 9.17) is 17.0 Å². The van der Waals surface area contributed by atoms with Gasteiger partial charge in [-0.2, -0.15) is 0 Å². The van der Waals surface area contributed by atoms with Crippen molar-refractivity contribution in [2.75, 3.05) is 19.7 Å². The Balaban J connectivity index is 1.59. The topological polar surface area (TPSA) is 33.3 Å². The number of benzene rings is 1. The second-order valence-electron chi connectivity index (χ2n) is 4.65. The third-order valence-corrected chi connectivity index (χ3v) is 3.42. The van der Waals surface area contributed by atoms with Crippen LogP contribution in [0.4, 0.5) is 4.39 Å². The van der Waals surface area contributed by atoms with Crippen LogP contribution in [0.5, 0.6) is 0 Å². The van der Waals surface area contributed by atoms with E-state index in [2.05, 4.69) is 10.6 Å². The molecular weight excluding hydrogens is 263 g/mol. The molecule has 0 saturated carbocycles. The van der Waals surface area contributed by atoms with E-state index in [9.17, 15) is 4.39 Å². The lowest BCUT2D eigenvalue weighted by Crippen LogP contribution is -2.40. The minimum Gasteiger partial charge on any atom is -0.376 e. The standard InChI is InChI=1S/C14H19FN2OS/c15-12-5-3-11(4-6-12)7-8-16-14(19)17-10-13-2-1-9-18-13/h3-6,13H,1-2,7-10H2,(H2,16,17,19)/t13-/m0/s1. The van der Waals surface area contributed by atoms with Gasteiger partial charge in [0.1, 0.15) is 5.82 Å². The summed E-state index contributed by atoms with van der Waals surface area (Å²) in [4.78, 5) is 0. The van der Waals surface area contributed by atoms with Gasteiger partial charge in [0.2, 0.25) is 0 Å². The molecule has 1 aliphatic rings. The maximum Gasteiger partial charge on any atom is 0.166 e. The van der Waals surface area contributed by atoms with Crippen LogP contribution in [-0.4, -0.2) is 30.9 Å². The highest BCUT2D eigenvalue weighted by atomic mass is 32.1. The van der Waals surface area contributed by atoms with E-state index in [1.54, 1.807) is 12.1 Å². The summed E-state index contributed by atoms with van der Waals surface area (Å²) in [5.41, 5.74) is 1.09. The van der Waals surface area contributed by atoms with Gasteiger partial charge in [0.25, 0.3) is 0 Å². The van der Waals surface area contributed by atoms with Crippen molar-refractivity contribution in [3.8, 4) is 0 Å². The first kappa shape index (κ1) is 14.2. The van der Waals surface area contributed by atoms with E-state index in [0.29, 0.717) is 5.11 Å². The Hall–Kier alpha value is -1.20. The normalized spacial score (nSPS) is 18.3. The summed E-state index contributed by atoms with van der Waals surface area (Å²) in [6.45, 7) is 2.36. The lowest BCUT2D eigenvalue weighted by atomic mass is 10.1. The van der Waals surface area contributed by atoms with Crippen molar-refractivity contribution in [1.29, 1.82) is 0 Å². The number of ether oxygens (including phenoxy) is 1. The summed E-state index contributed by atoms with van der Waals surface area (Å²) in [5, 5.41) is 6.95. The zero-order chi connectivity index (χ0) is 13.5.